The van der Waals surface area contributed by atoms with E-state index in [1.165, 1.54) is 24.3 Å². The molecule has 0 heterocycles. The van der Waals surface area contributed by atoms with E-state index >= 15 is 0 Å². The molecule has 2 aromatic carbocycles. The molecule has 30 heavy (non-hydrogen) atoms. The Morgan fingerprint density at radius 1 is 0.700 bits per heavy atom. The molecule has 0 spiro atoms. The minimum absolute atomic E-state index is 0.139. The fraction of sp³-hybridized carbons (Fsp3) is 0.333. The normalized spacial score (nSPS) is 13.3. The zero-order chi connectivity index (χ0) is 23.1. The van der Waals surface area contributed by atoms with Crippen LogP contribution in [0.2, 0.25) is 0 Å². The van der Waals surface area contributed by atoms with Crippen molar-refractivity contribution >= 4 is 15.6 Å². The lowest BCUT2D eigenvalue weighted by atomic mass is 9.61. The van der Waals surface area contributed by atoms with Gasteiger partial charge in [0.1, 0.15) is 23.1 Å². The Bertz CT molecular complexity index is 959. The number of phosphoric acid groups is 2. The summed E-state index contributed by atoms with van der Waals surface area (Å²) >= 11 is 0. The molecule has 0 aromatic heterocycles. The van der Waals surface area contributed by atoms with Crippen molar-refractivity contribution in [2.75, 3.05) is 0 Å². The Morgan fingerprint density at radius 2 is 1.00 bits per heavy atom. The first-order valence-electron chi connectivity index (χ1n) is 8.54. The van der Waals surface area contributed by atoms with Gasteiger partial charge in [0.05, 0.1) is 0 Å². The van der Waals surface area contributed by atoms with Crippen LogP contribution in [0.15, 0.2) is 36.4 Å². The Morgan fingerprint density at radius 3 is 1.23 bits per heavy atom. The quantitative estimate of drug-likeness (QED) is 0.447. The van der Waals surface area contributed by atoms with E-state index in [1.54, 1.807) is 27.7 Å². The summed E-state index contributed by atoms with van der Waals surface area (Å²) in [7, 11) is -9.71. The van der Waals surface area contributed by atoms with Crippen LogP contribution in [0.1, 0.15) is 38.8 Å². The standard InChI is InChI=1S/C18H22F2O8P2/c1-17(2,13-7-5-11(9-15(13)19)27-29(21,22)23)18(3,4)14-8-6-12(10-16(14)20)28-30(24,25)26/h5-10H,1-4H3,(H2,21,22,23)(H2,24,25,26). The fourth-order valence-corrected chi connectivity index (χ4v) is 3.84. The lowest BCUT2D eigenvalue weighted by molar-refractivity contribution is 0.274. The average Bonchev–Trinajstić information content (AvgIpc) is 2.50. The topological polar surface area (TPSA) is 134 Å². The van der Waals surface area contributed by atoms with Gasteiger partial charge in [0.25, 0.3) is 0 Å². The Balaban J connectivity index is 2.45. The number of rotatable bonds is 7. The first kappa shape index (κ1) is 24.5. The van der Waals surface area contributed by atoms with Crippen molar-refractivity contribution in [2.45, 2.75) is 38.5 Å². The molecule has 0 atom stereocenters. The number of hydrogen-bond acceptors (Lipinski definition) is 4. The van der Waals surface area contributed by atoms with Gasteiger partial charge in [-0.3, -0.25) is 19.6 Å². The van der Waals surface area contributed by atoms with E-state index in [-0.39, 0.29) is 22.6 Å². The molecule has 2 rings (SSSR count). The van der Waals surface area contributed by atoms with Gasteiger partial charge in [-0.2, -0.15) is 0 Å². The van der Waals surface area contributed by atoms with Gasteiger partial charge < -0.3 is 9.05 Å². The lowest BCUT2D eigenvalue weighted by Crippen LogP contribution is -2.41. The summed E-state index contributed by atoms with van der Waals surface area (Å²) in [6, 6.07) is 6.65. The zero-order valence-corrected chi connectivity index (χ0v) is 18.3. The molecule has 0 saturated heterocycles. The van der Waals surface area contributed by atoms with Crippen LogP contribution in [-0.4, -0.2) is 19.6 Å². The van der Waals surface area contributed by atoms with Crippen molar-refractivity contribution in [3.05, 3.63) is 59.2 Å². The number of phosphoric ester groups is 2. The van der Waals surface area contributed by atoms with E-state index in [2.05, 4.69) is 9.05 Å². The summed E-state index contributed by atoms with van der Waals surface area (Å²) in [5.41, 5.74) is -1.80. The van der Waals surface area contributed by atoms with Gasteiger partial charge in [-0.05, 0) is 23.3 Å². The molecule has 12 heteroatoms. The van der Waals surface area contributed by atoms with Crippen LogP contribution in [0.25, 0.3) is 0 Å². The molecule has 0 aliphatic heterocycles. The summed E-state index contributed by atoms with van der Waals surface area (Å²) < 4.78 is 60.2. The van der Waals surface area contributed by atoms with Crippen LogP contribution in [0, 0.1) is 11.6 Å². The third kappa shape index (κ3) is 5.46. The van der Waals surface area contributed by atoms with Gasteiger partial charge in [0.2, 0.25) is 0 Å². The summed E-state index contributed by atoms with van der Waals surface area (Å²) in [6.45, 7) is 6.64. The van der Waals surface area contributed by atoms with E-state index in [9.17, 15) is 17.9 Å². The van der Waals surface area contributed by atoms with E-state index in [0.717, 1.165) is 12.1 Å². The Labute approximate surface area is 172 Å². The van der Waals surface area contributed by atoms with Crippen molar-refractivity contribution < 1.29 is 46.5 Å². The van der Waals surface area contributed by atoms with Crippen LogP contribution in [0.3, 0.4) is 0 Å². The molecular weight excluding hydrogens is 444 g/mol. The summed E-state index contributed by atoms with van der Waals surface area (Å²) in [5.74, 6) is -2.33. The first-order valence-corrected chi connectivity index (χ1v) is 11.6. The third-order valence-corrected chi connectivity index (χ3v) is 6.14. The van der Waals surface area contributed by atoms with Crippen molar-refractivity contribution in [1.29, 1.82) is 0 Å². The monoisotopic (exact) mass is 466 g/mol. The number of benzene rings is 2. The first-order chi connectivity index (χ1) is 13.4. The molecule has 4 N–H and O–H groups in total. The van der Waals surface area contributed by atoms with Crippen LogP contribution in [-0.2, 0) is 20.0 Å². The molecule has 8 nitrogen and oxygen atoms in total. The van der Waals surface area contributed by atoms with Gasteiger partial charge in [-0.1, -0.05) is 39.8 Å². The fourth-order valence-electron chi connectivity index (χ4n) is 3.07. The van der Waals surface area contributed by atoms with Gasteiger partial charge in [0, 0.05) is 23.0 Å². The Hall–Kier alpha value is -1.80. The van der Waals surface area contributed by atoms with Gasteiger partial charge in [-0.25, -0.2) is 17.9 Å². The highest BCUT2D eigenvalue weighted by Gasteiger charge is 2.43. The predicted octanol–water partition coefficient (Wildman–Crippen LogP) is 4.16. The maximum Gasteiger partial charge on any atom is 0.524 e. The molecular formula is C18H22F2O8P2. The minimum atomic E-state index is -4.85. The summed E-state index contributed by atoms with van der Waals surface area (Å²) in [6.07, 6.45) is 0. The third-order valence-electron chi connectivity index (χ3n) is 5.24. The second kappa shape index (κ2) is 8.04. The molecule has 2 aromatic rings. The highest BCUT2D eigenvalue weighted by molar-refractivity contribution is 7.47. The molecule has 166 valence electrons. The molecule has 0 fully saturated rings. The molecule has 0 bridgehead atoms. The second-order valence-corrected chi connectivity index (χ2v) is 10.0. The average molecular weight is 466 g/mol. The van der Waals surface area contributed by atoms with Gasteiger partial charge in [0.15, 0.2) is 0 Å². The van der Waals surface area contributed by atoms with Crippen molar-refractivity contribution in [2.24, 2.45) is 0 Å². The molecule has 0 aliphatic carbocycles. The highest BCUT2D eigenvalue weighted by Crippen LogP contribution is 2.47. The maximum atomic E-state index is 14.8. The number of hydrogen-bond donors (Lipinski definition) is 4. The minimum Gasteiger partial charge on any atom is -0.404 e. The number of halogens is 2. The smallest absolute Gasteiger partial charge is 0.404 e. The predicted molar refractivity (Wildman–Crippen MR) is 104 cm³/mol. The van der Waals surface area contributed by atoms with Crippen LogP contribution in [0.5, 0.6) is 11.5 Å². The van der Waals surface area contributed by atoms with E-state index in [4.69, 9.17) is 19.6 Å². The highest BCUT2D eigenvalue weighted by atomic mass is 31.2. The largest absolute Gasteiger partial charge is 0.524 e. The molecule has 0 saturated carbocycles. The maximum absolute atomic E-state index is 14.8. The Kier molecular flexibility index (Phi) is 6.56. The van der Waals surface area contributed by atoms with Crippen LogP contribution in [0.4, 0.5) is 8.78 Å². The summed E-state index contributed by atoms with van der Waals surface area (Å²) in [4.78, 5) is 35.4. The van der Waals surface area contributed by atoms with Gasteiger partial charge in [-0.15, -0.1) is 0 Å². The van der Waals surface area contributed by atoms with Crippen molar-refractivity contribution in [3.63, 3.8) is 0 Å². The van der Waals surface area contributed by atoms with Crippen molar-refractivity contribution in [3.8, 4) is 11.5 Å². The molecule has 0 amide bonds. The second-order valence-electron chi connectivity index (χ2n) is 7.70. The molecule has 0 radical (unpaired) electrons. The summed E-state index contributed by atoms with van der Waals surface area (Å²) in [5, 5.41) is 0. The van der Waals surface area contributed by atoms with E-state index in [1.807, 2.05) is 0 Å². The van der Waals surface area contributed by atoms with E-state index < -0.39 is 38.1 Å². The van der Waals surface area contributed by atoms with Crippen LogP contribution >= 0.6 is 15.6 Å². The van der Waals surface area contributed by atoms with E-state index in [0.29, 0.717) is 0 Å². The SMILES string of the molecule is CC(C)(c1ccc(OP(=O)(O)O)cc1F)C(C)(C)c1ccc(OP(=O)(O)O)cc1F. The van der Waals surface area contributed by atoms with Gasteiger partial charge >= 0.3 is 15.6 Å². The molecule has 0 aliphatic rings. The lowest BCUT2D eigenvalue weighted by Gasteiger charge is -2.43. The zero-order valence-electron chi connectivity index (χ0n) is 16.5. The molecule has 0 unspecified atom stereocenters. The van der Waals surface area contributed by atoms with Crippen LogP contribution < -0.4 is 9.05 Å². The van der Waals surface area contributed by atoms with Crippen molar-refractivity contribution in [1.82, 2.24) is 0 Å².